The van der Waals surface area contributed by atoms with E-state index in [2.05, 4.69) is 0 Å². The summed E-state index contributed by atoms with van der Waals surface area (Å²) in [5.41, 5.74) is 3.34. The summed E-state index contributed by atoms with van der Waals surface area (Å²) in [7, 11) is 1.65. The Kier molecular flexibility index (Phi) is 6.33. The Morgan fingerprint density at radius 2 is 0.889 bits per heavy atom. The predicted octanol–water partition coefficient (Wildman–Crippen LogP) is 7.41. The molecule has 0 aliphatic heterocycles. The van der Waals surface area contributed by atoms with Crippen molar-refractivity contribution in [2.45, 2.75) is 6.92 Å². The number of ether oxygens (including phenoxy) is 2. The number of ketones is 2. The highest BCUT2D eigenvalue weighted by Gasteiger charge is 2.13. The van der Waals surface area contributed by atoms with Gasteiger partial charge in [0.15, 0.2) is 11.6 Å². The summed E-state index contributed by atoms with van der Waals surface area (Å²) in [6.07, 6.45) is 0. The largest absolute Gasteiger partial charge is 0.497 e. The first-order chi connectivity index (χ1) is 17.5. The van der Waals surface area contributed by atoms with Crippen LogP contribution in [0, 0.1) is 6.92 Å². The van der Waals surface area contributed by atoms with Crippen LogP contribution in [0.3, 0.4) is 0 Å². The lowest BCUT2D eigenvalue weighted by Crippen LogP contribution is -2.04. The smallest absolute Gasteiger partial charge is 0.193 e. The lowest BCUT2D eigenvalue weighted by molar-refractivity contribution is 0.102. The molecule has 0 saturated carbocycles. The molecule has 0 N–H and O–H groups in total. The Balaban J connectivity index is 1.27. The van der Waals surface area contributed by atoms with E-state index in [1.165, 1.54) is 0 Å². The summed E-state index contributed by atoms with van der Waals surface area (Å²) < 4.78 is 11.3. The number of aryl methyl sites for hydroxylation is 1. The molecule has 0 spiro atoms. The van der Waals surface area contributed by atoms with Gasteiger partial charge < -0.3 is 9.47 Å². The van der Waals surface area contributed by atoms with Crippen molar-refractivity contribution >= 4 is 22.3 Å². The Morgan fingerprint density at radius 3 is 1.39 bits per heavy atom. The molecule has 5 rings (SSSR count). The number of carbonyl (C=O) groups is 2. The van der Waals surface area contributed by atoms with Crippen LogP contribution in [-0.4, -0.2) is 18.7 Å². The Hall–Kier alpha value is -4.70. The summed E-state index contributed by atoms with van der Waals surface area (Å²) in [6, 6.07) is 33.0. The topological polar surface area (TPSA) is 52.6 Å². The van der Waals surface area contributed by atoms with Gasteiger partial charge >= 0.3 is 0 Å². The van der Waals surface area contributed by atoms with Crippen LogP contribution >= 0.6 is 0 Å². The molecule has 0 atom stereocenters. The van der Waals surface area contributed by atoms with E-state index in [0.29, 0.717) is 33.8 Å². The van der Waals surface area contributed by atoms with Crippen LogP contribution in [-0.2, 0) is 0 Å². The number of methoxy groups -OCH3 is 1. The first kappa shape index (κ1) is 23.1. The van der Waals surface area contributed by atoms with Gasteiger partial charge in [-0.1, -0.05) is 66.2 Å². The third kappa shape index (κ3) is 4.89. The maximum Gasteiger partial charge on any atom is 0.193 e. The summed E-state index contributed by atoms with van der Waals surface area (Å²) in [6.45, 7) is 1.98. The van der Waals surface area contributed by atoms with Gasteiger partial charge in [-0.2, -0.15) is 0 Å². The van der Waals surface area contributed by atoms with Gasteiger partial charge in [0, 0.05) is 22.3 Å². The minimum atomic E-state index is -0.115. The molecule has 0 unspecified atom stereocenters. The van der Waals surface area contributed by atoms with E-state index in [1.54, 1.807) is 55.6 Å². The second-order valence-corrected chi connectivity index (χ2v) is 8.60. The van der Waals surface area contributed by atoms with Crippen molar-refractivity contribution in [2.24, 2.45) is 0 Å². The lowest BCUT2D eigenvalue weighted by Gasteiger charge is -2.09. The monoisotopic (exact) mass is 472 g/mol. The molecule has 0 aromatic heterocycles. The van der Waals surface area contributed by atoms with Gasteiger partial charge in [-0.25, -0.2) is 0 Å². The molecule has 0 radical (unpaired) electrons. The standard InChI is InChI=1S/C32H24O4/c1-21-3-5-22(6-4-21)31(33)23-7-9-24(10-8-23)32(34)25-11-15-28(16-12-25)36-30-18-14-26-19-29(35-2)17-13-27(26)20-30/h3-20H,1-2H3. The zero-order valence-electron chi connectivity index (χ0n) is 20.0. The molecule has 0 aliphatic rings. The van der Waals surface area contributed by atoms with Crippen LogP contribution in [0.1, 0.15) is 37.4 Å². The molecule has 4 heteroatoms. The van der Waals surface area contributed by atoms with Crippen LogP contribution in [0.5, 0.6) is 17.2 Å². The number of hydrogen-bond acceptors (Lipinski definition) is 4. The molecule has 5 aromatic rings. The van der Waals surface area contributed by atoms with Crippen LogP contribution in [0.15, 0.2) is 109 Å². The fourth-order valence-electron chi connectivity index (χ4n) is 4.01. The molecule has 0 amide bonds. The van der Waals surface area contributed by atoms with E-state index in [0.717, 1.165) is 22.1 Å². The van der Waals surface area contributed by atoms with Crippen molar-refractivity contribution in [3.05, 3.63) is 137 Å². The van der Waals surface area contributed by atoms with Gasteiger partial charge in [-0.05, 0) is 66.2 Å². The molecule has 0 bridgehead atoms. The molecule has 36 heavy (non-hydrogen) atoms. The van der Waals surface area contributed by atoms with E-state index < -0.39 is 0 Å². The van der Waals surface area contributed by atoms with E-state index in [-0.39, 0.29) is 11.6 Å². The molecule has 176 valence electrons. The highest BCUT2D eigenvalue weighted by atomic mass is 16.5. The molecule has 0 saturated heterocycles. The van der Waals surface area contributed by atoms with Crippen molar-refractivity contribution in [1.29, 1.82) is 0 Å². The van der Waals surface area contributed by atoms with Crippen molar-refractivity contribution in [3.63, 3.8) is 0 Å². The summed E-state index contributed by atoms with van der Waals surface area (Å²) in [5, 5.41) is 2.11. The SMILES string of the molecule is COc1ccc2cc(Oc3ccc(C(=O)c4ccc(C(=O)c5ccc(C)cc5)cc4)cc3)ccc2c1. The Morgan fingerprint density at radius 1 is 0.500 bits per heavy atom. The quantitative estimate of drug-likeness (QED) is 0.231. The van der Waals surface area contributed by atoms with Gasteiger partial charge in [-0.15, -0.1) is 0 Å². The van der Waals surface area contributed by atoms with Crippen molar-refractivity contribution in [2.75, 3.05) is 7.11 Å². The first-order valence-corrected chi connectivity index (χ1v) is 11.6. The maximum absolute atomic E-state index is 13.0. The summed E-state index contributed by atoms with van der Waals surface area (Å²) >= 11 is 0. The van der Waals surface area contributed by atoms with Gasteiger partial charge in [0.2, 0.25) is 0 Å². The van der Waals surface area contributed by atoms with Crippen LogP contribution in [0.2, 0.25) is 0 Å². The number of carbonyl (C=O) groups excluding carboxylic acids is 2. The molecule has 0 aliphatic carbocycles. The highest BCUT2D eigenvalue weighted by Crippen LogP contribution is 2.28. The van der Waals surface area contributed by atoms with Crippen LogP contribution in [0.4, 0.5) is 0 Å². The highest BCUT2D eigenvalue weighted by molar-refractivity contribution is 6.11. The average molecular weight is 473 g/mol. The third-order valence-electron chi connectivity index (χ3n) is 6.09. The summed E-state index contributed by atoms with van der Waals surface area (Å²) in [5.74, 6) is 1.97. The fraction of sp³-hybridized carbons (Fsp3) is 0.0625. The van der Waals surface area contributed by atoms with Crippen molar-refractivity contribution in [3.8, 4) is 17.2 Å². The van der Waals surface area contributed by atoms with Crippen LogP contribution in [0.25, 0.3) is 10.8 Å². The molecule has 5 aromatic carbocycles. The summed E-state index contributed by atoms with van der Waals surface area (Å²) in [4.78, 5) is 25.7. The molecule has 4 nitrogen and oxygen atoms in total. The molecular formula is C32H24O4. The van der Waals surface area contributed by atoms with Gasteiger partial charge in [0.1, 0.15) is 17.2 Å². The molecule has 0 heterocycles. The van der Waals surface area contributed by atoms with E-state index in [9.17, 15) is 9.59 Å². The minimum absolute atomic E-state index is 0.0664. The zero-order valence-corrected chi connectivity index (χ0v) is 20.0. The zero-order chi connectivity index (χ0) is 25.1. The Bertz CT molecular complexity index is 1550. The van der Waals surface area contributed by atoms with Gasteiger partial charge in [0.05, 0.1) is 7.11 Å². The van der Waals surface area contributed by atoms with E-state index >= 15 is 0 Å². The molecule has 0 fully saturated rings. The number of hydrogen-bond donors (Lipinski definition) is 0. The number of fused-ring (bicyclic) bond motifs is 1. The minimum Gasteiger partial charge on any atom is -0.497 e. The number of benzene rings is 5. The lowest BCUT2D eigenvalue weighted by atomic mass is 9.98. The second kappa shape index (κ2) is 9.88. The third-order valence-corrected chi connectivity index (χ3v) is 6.09. The predicted molar refractivity (Wildman–Crippen MR) is 142 cm³/mol. The van der Waals surface area contributed by atoms with E-state index in [4.69, 9.17) is 9.47 Å². The van der Waals surface area contributed by atoms with Crippen molar-refractivity contribution < 1.29 is 19.1 Å². The Labute approximate surface area is 209 Å². The number of rotatable bonds is 7. The first-order valence-electron chi connectivity index (χ1n) is 11.6. The fourth-order valence-corrected chi connectivity index (χ4v) is 4.01. The average Bonchev–Trinajstić information content (AvgIpc) is 2.93. The van der Waals surface area contributed by atoms with Crippen LogP contribution < -0.4 is 9.47 Å². The maximum atomic E-state index is 13.0. The van der Waals surface area contributed by atoms with Crippen molar-refractivity contribution in [1.82, 2.24) is 0 Å². The molecular weight excluding hydrogens is 448 g/mol. The normalized spacial score (nSPS) is 10.7. The van der Waals surface area contributed by atoms with Gasteiger partial charge in [0.25, 0.3) is 0 Å². The van der Waals surface area contributed by atoms with Gasteiger partial charge in [-0.3, -0.25) is 9.59 Å². The van der Waals surface area contributed by atoms with E-state index in [1.807, 2.05) is 67.6 Å². The second-order valence-electron chi connectivity index (χ2n) is 8.60.